The van der Waals surface area contributed by atoms with Crippen molar-refractivity contribution in [3.63, 3.8) is 0 Å². The van der Waals surface area contributed by atoms with Crippen LogP contribution in [0.3, 0.4) is 0 Å². The van der Waals surface area contributed by atoms with Crippen molar-refractivity contribution in [2.24, 2.45) is 0 Å². The van der Waals surface area contributed by atoms with Gasteiger partial charge < -0.3 is 4.74 Å². The van der Waals surface area contributed by atoms with E-state index >= 15 is 0 Å². The number of aldehydes is 1. The summed E-state index contributed by atoms with van der Waals surface area (Å²) in [6.07, 6.45) is 0.820. The van der Waals surface area contributed by atoms with E-state index < -0.39 is 0 Å². The predicted molar refractivity (Wildman–Crippen MR) is 81.8 cm³/mol. The molecule has 0 unspecified atom stereocenters. The van der Waals surface area contributed by atoms with Crippen molar-refractivity contribution in [3.8, 4) is 11.5 Å². The first-order chi connectivity index (χ1) is 9.41. The lowest BCUT2D eigenvalue weighted by molar-refractivity contribution is 0.112. The molecule has 0 atom stereocenters. The van der Waals surface area contributed by atoms with Gasteiger partial charge >= 0.3 is 0 Å². The smallest absolute Gasteiger partial charge is 0.153 e. The molecule has 0 aliphatic heterocycles. The van der Waals surface area contributed by atoms with E-state index in [2.05, 4.69) is 33.8 Å². The van der Waals surface area contributed by atoms with Gasteiger partial charge in [0.25, 0.3) is 0 Å². The number of para-hydroxylation sites is 1. The van der Waals surface area contributed by atoms with E-state index in [9.17, 15) is 4.79 Å². The normalized spacial score (nSPS) is 11.2. The Bertz CT molecular complexity index is 622. The fourth-order valence-electron chi connectivity index (χ4n) is 2.11. The summed E-state index contributed by atoms with van der Waals surface area (Å²) in [7, 11) is 0. The number of hydrogen-bond acceptors (Lipinski definition) is 2. The van der Waals surface area contributed by atoms with Crippen LogP contribution < -0.4 is 4.74 Å². The summed E-state index contributed by atoms with van der Waals surface area (Å²) in [5.41, 5.74) is 2.88. The highest BCUT2D eigenvalue weighted by Gasteiger charge is 2.20. The van der Waals surface area contributed by atoms with Crippen LogP contribution in [0.1, 0.15) is 42.3 Å². The summed E-state index contributed by atoms with van der Waals surface area (Å²) in [6, 6.07) is 13.4. The summed E-state index contributed by atoms with van der Waals surface area (Å²) < 4.78 is 5.98. The molecule has 0 amide bonds. The van der Waals surface area contributed by atoms with Gasteiger partial charge in [0.2, 0.25) is 0 Å². The van der Waals surface area contributed by atoms with Crippen LogP contribution >= 0.6 is 0 Å². The zero-order valence-electron chi connectivity index (χ0n) is 12.4. The average molecular weight is 268 g/mol. The van der Waals surface area contributed by atoms with Gasteiger partial charge in [-0.15, -0.1) is 0 Å². The minimum atomic E-state index is -0.0164. The van der Waals surface area contributed by atoms with Gasteiger partial charge in [0, 0.05) is 5.56 Å². The molecule has 2 aromatic rings. The first-order valence-electron chi connectivity index (χ1n) is 6.75. The van der Waals surface area contributed by atoms with Crippen molar-refractivity contribution < 1.29 is 9.53 Å². The van der Waals surface area contributed by atoms with Crippen LogP contribution in [0.2, 0.25) is 0 Å². The molecule has 104 valence electrons. The lowest BCUT2D eigenvalue weighted by Crippen LogP contribution is -2.13. The van der Waals surface area contributed by atoms with Crippen LogP contribution in [-0.4, -0.2) is 6.29 Å². The van der Waals surface area contributed by atoms with Gasteiger partial charge in [0.05, 0.1) is 5.56 Å². The molecular weight excluding hydrogens is 248 g/mol. The van der Waals surface area contributed by atoms with E-state index in [1.54, 1.807) is 6.07 Å². The maximum Gasteiger partial charge on any atom is 0.153 e. The molecule has 20 heavy (non-hydrogen) atoms. The molecule has 0 aliphatic carbocycles. The molecule has 0 fully saturated rings. The highest BCUT2D eigenvalue weighted by molar-refractivity contribution is 5.79. The average Bonchev–Trinajstić information content (AvgIpc) is 2.40. The van der Waals surface area contributed by atoms with Gasteiger partial charge in [0.15, 0.2) is 6.29 Å². The predicted octanol–water partition coefficient (Wildman–Crippen LogP) is 4.90. The SMILES string of the molecule is Cc1ccc(Oc2ccccc2C=O)c(C(C)(C)C)c1. The number of benzene rings is 2. The van der Waals surface area contributed by atoms with Crippen molar-refractivity contribution in [2.75, 3.05) is 0 Å². The Balaban J connectivity index is 2.46. The number of hydrogen-bond donors (Lipinski definition) is 0. The van der Waals surface area contributed by atoms with Crippen molar-refractivity contribution in [1.29, 1.82) is 0 Å². The minimum Gasteiger partial charge on any atom is -0.456 e. The highest BCUT2D eigenvalue weighted by Crippen LogP contribution is 2.35. The molecule has 0 spiro atoms. The number of aryl methyl sites for hydroxylation is 1. The molecule has 2 rings (SSSR count). The molecule has 2 heteroatoms. The number of rotatable bonds is 3. The molecule has 0 bridgehead atoms. The summed E-state index contributed by atoms with van der Waals surface area (Å²) in [4.78, 5) is 11.1. The Labute approximate surface area is 120 Å². The lowest BCUT2D eigenvalue weighted by Gasteiger charge is -2.23. The summed E-state index contributed by atoms with van der Waals surface area (Å²) >= 11 is 0. The zero-order valence-corrected chi connectivity index (χ0v) is 12.4. The third-order valence-electron chi connectivity index (χ3n) is 3.21. The van der Waals surface area contributed by atoms with Crippen LogP contribution in [0.25, 0.3) is 0 Å². The van der Waals surface area contributed by atoms with E-state index in [-0.39, 0.29) is 5.41 Å². The van der Waals surface area contributed by atoms with Crippen LogP contribution in [-0.2, 0) is 5.41 Å². The Morgan fingerprint density at radius 2 is 1.70 bits per heavy atom. The summed E-state index contributed by atoms with van der Waals surface area (Å²) in [5, 5.41) is 0. The molecular formula is C18H20O2. The molecule has 0 N–H and O–H groups in total. The molecule has 0 aliphatic rings. The van der Waals surface area contributed by atoms with Crippen molar-refractivity contribution in [1.82, 2.24) is 0 Å². The fraction of sp³-hybridized carbons (Fsp3) is 0.278. The van der Waals surface area contributed by atoms with Crippen molar-refractivity contribution >= 4 is 6.29 Å². The van der Waals surface area contributed by atoms with Gasteiger partial charge in [-0.3, -0.25) is 4.79 Å². The molecule has 0 aromatic heterocycles. The first kappa shape index (κ1) is 14.3. The summed E-state index contributed by atoms with van der Waals surface area (Å²) in [6.45, 7) is 8.53. The summed E-state index contributed by atoms with van der Waals surface area (Å²) in [5.74, 6) is 1.40. The minimum absolute atomic E-state index is 0.0164. The number of carbonyl (C=O) groups excluding carboxylic acids is 1. The van der Waals surface area contributed by atoms with E-state index in [1.165, 1.54) is 5.56 Å². The number of ether oxygens (including phenoxy) is 1. The number of carbonyl (C=O) groups is 1. The van der Waals surface area contributed by atoms with E-state index in [4.69, 9.17) is 4.74 Å². The van der Waals surface area contributed by atoms with Gasteiger partial charge in [0.1, 0.15) is 11.5 Å². The topological polar surface area (TPSA) is 26.3 Å². The second-order valence-corrected chi connectivity index (χ2v) is 6.01. The van der Waals surface area contributed by atoms with Crippen LogP contribution in [0.15, 0.2) is 42.5 Å². The van der Waals surface area contributed by atoms with Crippen LogP contribution in [0.5, 0.6) is 11.5 Å². The molecule has 0 heterocycles. The molecule has 2 aromatic carbocycles. The Morgan fingerprint density at radius 3 is 2.35 bits per heavy atom. The Kier molecular flexibility index (Phi) is 3.93. The third-order valence-corrected chi connectivity index (χ3v) is 3.21. The van der Waals surface area contributed by atoms with Gasteiger partial charge in [-0.05, 0) is 30.5 Å². The van der Waals surface area contributed by atoms with Gasteiger partial charge in [-0.25, -0.2) is 0 Å². The maximum absolute atomic E-state index is 11.1. The molecule has 0 radical (unpaired) electrons. The standard InChI is InChI=1S/C18H20O2/c1-13-9-10-17(15(11-13)18(2,3)4)20-16-8-6-5-7-14(16)12-19/h5-12H,1-4H3. The van der Waals surface area contributed by atoms with Gasteiger partial charge in [-0.2, -0.15) is 0 Å². The molecule has 2 nitrogen and oxygen atoms in total. The highest BCUT2D eigenvalue weighted by atomic mass is 16.5. The lowest BCUT2D eigenvalue weighted by atomic mass is 9.85. The van der Waals surface area contributed by atoms with Crippen molar-refractivity contribution in [3.05, 3.63) is 59.2 Å². The maximum atomic E-state index is 11.1. The Morgan fingerprint density at radius 1 is 1.00 bits per heavy atom. The van der Waals surface area contributed by atoms with E-state index in [0.29, 0.717) is 11.3 Å². The third kappa shape index (κ3) is 3.08. The van der Waals surface area contributed by atoms with E-state index in [0.717, 1.165) is 17.6 Å². The monoisotopic (exact) mass is 268 g/mol. The first-order valence-corrected chi connectivity index (χ1v) is 6.75. The molecule has 0 saturated carbocycles. The van der Waals surface area contributed by atoms with Crippen LogP contribution in [0.4, 0.5) is 0 Å². The fourth-order valence-corrected chi connectivity index (χ4v) is 2.11. The zero-order chi connectivity index (χ0) is 14.8. The second kappa shape index (κ2) is 5.49. The van der Waals surface area contributed by atoms with E-state index in [1.807, 2.05) is 30.3 Å². The van der Waals surface area contributed by atoms with Crippen molar-refractivity contribution in [2.45, 2.75) is 33.1 Å². The van der Waals surface area contributed by atoms with Crippen LogP contribution in [0, 0.1) is 6.92 Å². The Hall–Kier alpha value is -2.09. The second-order valence-electron chi connectivity index (χ2n) is 6.01. The largest absolute Gasteiger partial charge is 0.456 e. The molecule has 0 saturated heterocycles. The quantitative estimate of drug-likeness (QED) is 0.740. The van der Waals surface area contributed by atoms with Gasteiger partial charge in [-0.1, -0.05) is 50.6 Å².